The fourth-order valence-electron chi connectivity index (χ4n) is 3.09. The second-order valence-corrected chi connectivity index (χ2v) is 6.31. The molecular weight excluding hydrogens is 334 g/mol. The van der Waals surface area contributed by atoms with Gasteiger partial charge in [0.2, 0.25) is 5.91 Å². The van der Waals surface area contributed by atoms with Crippen LogP contribution in [0.2, 0.25) is 0 Å². The van der Waals surface area contributed by atoms with Gasteiger partial charge >= 0.3 is 5.97 Å². The molecule has 1 fully saturated rings. The van der Waals surface area contributed by atoms with Crippen molar-refractivity contribution in [3.8, 4) is 0 Å². The minimum Gasteiger partial charge on any atom is -0.452 e. The molecule has 3 rings (SSSR count). The van der Waals surface area contributed by atoms with E-state index in [0.29, 0.717) is 42.9 Å². The molecule has 0 N–H and O–H groups in total. The average Bonchev–Trinajstić information content (AvgIpc) is 3.17. The molecule has 1 aliphatic rings. The Kier molecular flexibility index (Phi) is 5.16. The summed E-state index contributed by atoms with van der Waals surface area (Å²) in [4.78, 5) is 37.1. The van der Waals surface area contributed by atoms with Crippen molar-refractivity contribution < 1.29 is 19.1 Å². The quantitative estimate of drug-likeness (QED) is 0.765. The van der Waals surface area contributed by atoms with Gasteiger partial charge in [-0.3, -0.25) is 19.2 Å². The molecule has 1 saturated heterocycles. The van der Waals surface area contributed by atoms with E-state index in [0.717, 1.165) is 10.5 Å². The minimum absolute atomic E-state index is 0.214. The zero-order valence-electron chi connectivity index (χ0n) is 14.9. The third-order valence-corrected chi connectivity index (χ3v) is 4.46. The molecule has 0 saturated carbocycles. The van der Waals surface area contributed by atoms with Crippen molar-refractivity contribution in [1.29, 1.82) is 0 Å². The molecule has 136 valence electrons. The number of amides is 2. The number of aryl methyl sites for hydroxylation is 1. The molecule has 0 unspecified atom stereocenters. The lowest BCUT2D eigenvalue weighted by atomic mass is 10.2. The van der Waals surface area contributed by atoms with Crippen LogP contribution < -0.4 is 0 Å². The lowest BCUT2D eigenvalue weighted by Gasteiger charge is -2.13. The van der Waals surface area contributed by atoms with Crippen LogP contribution in [0.1, 0.15) is 40.2 Å². The van der Waals surface area contributed by atoms with Crippen molar-refractivity contribution in [2.75, 3.05) is 13.2 Å². The summed E-state index contributed by atoms with van der Waals surface area (Å²) in [5.41, 5.74) is 2.66. The van der Waals surface area contributed by atoms with Gasteiger partial charge in [-0.25, -0.2) is 4.79 Å². The van der Waals surface area contributed by atoms with Crippen LogP contribution in [0.4, 0.5) is 0 Å². The van der Waals surface area contributed by atoms with Crippen LogP contribution >= 0.6 is 0 Å². The van der Waals surface area contributed by atoms with Gasteiger partial charge in [-0.15, -0.1) is 0 Å². The summed E-state index contributed by atoms with van der Waals surface area (Å²) in [7, 11) is 0. The number of esters is 1. The normalized spacial score (nSPS) is 13.9. The molecule has 7 heteroatoms. The third-order valence-electron chi connectivity index (χ3n) is 4.46. The Morgan fingerprint density at radius 2 is 1.92 bits per heavy atom. The highest BCUT2D eigenvalue weighted by Gasteiger charge is 2.28. The molecule has 7 nitrogen and oxygen atoms in total. The lowest BCUT2D eigenvalue weighted by Crippen LogP contribution is -2.35. The maximum absolute atomic E-state index is 12.4. The first-order valence-electron chi connectivity index (χ1n) is 8.55. The Labute approximate surface area is 151 Å². The van der Waals surface area contributed by atoms with Crippen LogP contribution in [0.15, 0.2) is 30.3 Å². The number of carbonyl (C=O) groups is 3. The number of carbonyl (C=O) groups excluding carboxylic acids is 3. The summed E-state index contributed by atoms with van der Waals surface area (Å²) in [6, 6.07) is 9.80. The zero-order valence-corrected chi connectivity index (χ0v) is 14.9. The second-order valence-electron chi connectivity index (χ2n) is 6.31. The number of hydrogen-bond donors (Lipinski definition) is 0. The fourth-order valence-corrected chi connectivity index (χ4v) is 3.09. The van der Waals surface area contributed by atoms with Crippen molar-refractivity contribution in [2.45, 2.75) is 33.2 Å². The number of likely N-dealkylation sites (tertiary alicyclic amines) is 1. The van der Waals surface area contributed by atoms with E-state index >= 15 is 0 Å². The first-order valence-corrected chi connectivity index (χ1v) is 8.55. The van der Waals surface area contributed by atoms with E-state index in [1.807, 2.05) is 30.3 Å². The highest BCUT2D eigenvalue weighted by molar-refractivity contribution is 5.99. The summed E-state index contributed by atoms with van der Waals surface area (Å²) in [6.07, 6.45) is 1.02. The molecule has 0 aliphatic carbocycles. The summed E-state index contributed by atoms with van der Waals surface area (Å²) >= 11 is 0. The molecule has 2 amide bonds. The van der Waals surface area contributed by atoms with Gasteiger partial charge in [-0.05, 0) is 25.8 Å². The van der Waals surface area contributed by atoms with E-state index < -0.39 is 18.5 Å². The molecule has 0 radical (unpaired) electrons. The van der Waals surface area contributed by atoms with Crippen molar-refractivity contribution in [2.24, 2.45) is 0 Å². The largest absolute Gasteiger partial charge is 0.452 e. The molecule has 2 aromatic rings. The highest BCUT2D eigenvalue weighted by Crippen LogP contribution is 2.17. The average molecular weight is 355 g/mol. The second kappa shape index (κ2) is 7.51. The summed E-state index contributed by atoms with van der Waals surface area (Å²) < 4.78 is 6.88. The Morgan fingerprint density at radius 3 is 2.58 bits per heavy atom. The molecule has 1 aromatic heterocycles. The first kappa shape index (κ1) is 17.8. The minimum atomic E-state index is -0.598. The fraction of sp³-hybridized carbons (Fsp3) is 0.368. The van der Waals surface area contributed by atoms with E-state index in [4.69, 9.17) is 4.74 Å². The van der Waals surface area contributed by atoms with Crippen molar-refractivity contribution in [3.05, 3.63) is 52.8 Å². The predicted molar refractivity (Wildman–Crippen MR) is 93.5 cm³/mol. The number of imide groups is 1. The Hall–Kier alpha value is -2.96. The van der Waals surface area contributed by atoms with Gasteiger partial charge in [0.15, 0.2) is 6.61 Å². The van der Waals surface area contributed by atoms with Gasteiger partial charge in [0.05, 0.1) is 17.9 Å². The van der Waals surface area contributed by atoms with Crippen LogP contribution in [0.25, 0.3) is 0 Å². The highest BCUT2D eigenvalue weighted by atomic mass is 16.5. The number of rotatable bonds is 5. The number of aromatic nitrogens is 2. The SMILES string of the molecule is Cc1nn(Cc2ccccc2)c(C)c1C(=O)OCC(=O)N1CCCC1=O. The molecule has 0 spiro atoms. The molecule has 1 aromatic carbocycles. The first-order chi connectivity index (χ1) is 12.5. The van der Waals surface area contributed by atoms with E-state index in [2.05, 4.69) is 5.10 Å². The van der Waals surface area contributed by atoms with Gasteiger partial charge in [-0.2, -0.15) is 5.10 Å². The smallest absolute Gasteiger partial charge is 0.342 e. The maximum Gasteiger partial charge on any atom is 0.342 e. The summed E-state index contributed by atoms with van der Waals surface area (Å²) in [6.45, 7) is 4.03. The van der Waals surface area contributed by atoms with E-state index in [-0.39, 0.29) is 5.91 Å². The number of ether oxygens (including phenoxy) is 1. The summed E-state index contributed by atoms with van der Waals surface area (Å²) in [5, 5.41) is 4.41. The van der Waals surface area contributed by atoms with Gasteiger partial charge in [0, 0.05) is 13.0 Å². The van der Waals surface area contributed by atoms with Gasteiger partial charge in [0.25, 0.3) is 5.91 Å². The number of benzene rings is 1. The van der Waals surface area contributed by atoms with Crippen LogP contribution in [0.5, 0.6) is 0 Å². The van der Waals surface area contributed by atoms with Gasteiger partial charge < -0.3 is 4.74 Å². The summed E-state index contributed by atoms with van der Waals surface area (Å²) in [5.74, 6) is -1.29. The van der Waals surface area contributed by atoms with Crippen molar-refractivity contribution in [1.82, 2.24) is 14.7 Å². The van der Waals surface area contributed by atoms with Gasteiger partial charge in [0.1, 0.15) is 5.56 Å². The van der Waals surface area contributed by atoms with Crippen LogP contribution in [-0.2, 0) is 20.9 Å². The molecule has 1 aliphatic heterocycles. The predicted octanol–water partition coefficient (Wildman–Crippen LogP) is 1.85. The number of hydrogen-bond acceptors (Lipinski definition) is 5. The molecule has 2 heterocycles. The van der Waals surface area contributed by atoms with Crippen LogP contribution in [0.3, 0.4) is 0 Å². The van der Waals surface area contributed by atoms with Crippen LogP contribution in [0, 0.1) is 13.8 Å². The molecule has 0 atom stereocenters. The number of nitrogens with zero attached hydrogens (tertiary/aromatic N) is 3. The van der Waals surface area contributed by atoms with E-state index in [1.54, 1.807) is 18.5 Å². The Bertz CT molecular complexity index is 842. The molecule has 0 bridgehead atoms. The third kappa shape index (κ3) is 3.66. The van der Waals surface area contributed by atoms with Crippen LogP contribution in [-0.4, -0.2) is 45.6 Å². The van der Waals surface area contributed by atoms with Crippen molar-refractivity contribution >= 4 is 17.8 Å². The zero-order chi connectivity index (χ0) is 18.7. The monoisotopic (exact) mass is 355 g/mol. The van der Waals surface area contributed by atoms with E-state index in [1.165, 1.54) is 0 Å². The molecular formula is C19H21N3O4. The van der Waals surface area contributed by atoms with Gasteiger partial charge in [-0.1, -0.05) is 30.3 Å². The maximum atomic E-state index is 12.4. The Balaban J connectivity index is 1.67. The Morgan fingerprint density at radius 1 is 1.19 bits per heavy atom. The standard InChI is InChI=1S/C19H21N3O4/c1-13-18(14(2)22(20-13)11-15-7-4-3-5-8-15)19(25)26-12-17(24)21-10-6-9-16(21)23/h3-5,7-8H,6,9-12H2,1-2H3. The topological polar surface area (TPSA) is 81.5 Å². The van der Waals surface area contributed by atoms with Crippen molar-refractivity contribution in [3.63, 3.8) is 0 Å². The van der Waals surface area contributed by atoms with E-state index in [9.17, 15) is 14.4 Å². The lowest BCUT2D eigenvalue weighted by molar-refractivity contribution is -0.143. The molecule has 26 heavy (non-hydrogen) atoms.